The minimum absolute atomic E-state index is 0.0676. The molecule has 0 aliphatic carbocycles. The van der Waals surface area contributed by atoms with Crippen LogP contribution in [0.5, 0.6) is 0 Å². The second kappa shape index (κ2) is 6.93. The molecule has 0 spiro atoms. The second-order valence-corrected chi connectivity index (χ2v) is 4.40. The lowest BCUT2D eigenvalue weighted by Crippen LogP contribution is -2.37. The summed E-state index contributed by atoms with van der Waals surface area (Å²) in [5.74, 6) is 0.642. The smallest absolute Gasteiger partial charge is 0.274 e. The second-order valence-electron chi connectivity index (χ2n) is 4.40. The third-order valence-electron chi connectivity index (χ3n) is 2.65. The van der Waals surface area contributed by atoms with Gasteiger partial charge < -0.3 is 10.2 Å². The molecule has 0 aliphatic heterocycles. The molecule has 1 N–H and O–H groups in total. The van der Waals surface area contributed by atoms with Crippen molar-refractivity contribution in [2.45, 2.75) is 40.2 Å². The number of anilines is 1. The molecule has 0 saturated heterocycles. The van der Waals surface area contributed by atoms with Gasteiger partial charge in [0, 0.05) is 19.1 Å². The molecule has 0 saturated carbocycles. The van der Waals surface area contributed by atoms with E-state index in [1.165, 1.54) is 6.20 Å². The Kier molecular flexibility index (Phi) is 5.55. The minimum atomic E-state index is -0.0676. The highest BCUT2D eigenvalue weighted by Gasteiger charge is 2.18. The lowest BCUT2D eigenvalue weighted by atomic mass is 10.3. The minimum Gasteiger partial charge on any atom is -0.369 e. The molecule has 1 heterocycles. The highest BCUT2D eigenvalue weighted by atomic mass is 16.2. The van der Waals surface area contributed by atoms with Crippen LogP contribution in [0.1, 0.15) is 44.6 Å². The van der Waals surface area contributed by atoms with E-state index < -0.39 is 0 Å². The van der Waals surface area contributed by atoms with Crippen LogP contribution in [0.25, 0.3) is 0 Å². The highest BCUT2D eigenvalue weighted by Crippen LogP contribution is 2.07. The number of nitrogens with one attached hydrogen (secondary N) is 1. The maximum Gasteiger partial charge on any atom is 0.274 e. The van der Waals surface area contributed by atoms with Crippen LogP contribution in [-0.4, -0.2) is 39.9 Å². The summed E-state index contributed by atoms with van der Waals surface area (Å²) in [6.07, 6.45) is 4.17. The molecular formula is C13H22N4O. The lowest BCUT2D eigenvalue weighted by Gasteiger charge is -2.24. The van der Waals surface area contributed by atoms with Crippen LogP contribution in [0, 0.1) is 0 Å². The van der Waals surface area contributed by atoms with Gasteiger partial charge in [-0.15, -0.1) is 0 Å². The first-order valence-electron chi connectivity index (χ1n) is 6.47. The number of hydrogen-bond acceptors (Lipinski definition) is 4. The summed E-state index contributed by atoms with van der Waals surface area (Å²) in [6.45, 7) is 9.56. The molecule has 0 atom stereocenters. The van der Waals surface area contributed by atoms with Crippen molar-refractivity contribution in [3.05, 3.63) is 18.1 Å². The number of rotatable bonds is 6. The summed E-state index contributed by atoms with van der Waals surface area (Å²) in [4.78, 5) is 22.3. The van der Waals surface area contributed by atoms with Crippen LogP contribution < -0.4 is 5.32 Å². The van der Waals surface area contributed by atoms with Gasteiger partial charge in [-0.1, -0.05) is 6.92 Å². The standard InChI is InChI=1S/C13H22N4O/c1-5-7-14-12-9-15-11(8-16-12)13(18)17(6-2)10(3)4/h8-10H,5-7H2,1-4H3,(H,14,16). The molecule has 18 heavy (non-hydrogen) atoms. The maximum atomic E-state index is 12.1. The fraction of sp³-hybridized carbons (Fsp3) is 0.615. The topological polar surface area (TPSA) is 58.1 Å². The average molecular weight is 250 g/mol. The number of carbonyl (C=O) groups is 1. The van der Waals surface area contributed by atoms with Crippen LogP contribution in [0.2, 0.25) is 0 Å². The van der Waals surface area contributed by atoms with Crippen molar-refractivity contribution in [3.63, 3.8) is 0 Å². The van der Waals surface area contributed by atoms with Crippen molar-refractivity contribution >= 4 is 11.7 Å². The molecule has 100 valence electrons. The molecule has 0 fully saturated rings. The van der Waals surface area contributed by atoms with Crippen molar-refractivity contribution in [1.29, 1.82) is 0 Å². The van der Waals surface area contributed by atoms with E-state index in [1.807, 2.05) is 20.8 Å². The third-order valence-corrected chi connectivity index (χ3v) is 2.65. The number of aromatic nitrogens is 2. The third kappa shape index (κ3) is 3.68. The van der Waals surface area contributed by atoms with E-state index in [4.69, 9.17) is 0 Å². The Morgan fingerprint density at radius 1 is 1.33 bits per heavy atom. The van der Waals surface area contributed by atoms with Crippen LogP contribution >= 0.6 is 0 Å². The molecular weight excluding hydrogens is 228 g/mol. The average Bonchev–Trinajstić information content (AvgIpc) is 2.37. The first-order valence-corrected chi connectivity index (χ1v) is 6.47. The van der Waals surface area contributed by atoms with Crippen molar-refractivity contribution in [3.8, 4) is 0 Å². The zero-order valence-corrected chi connectivity index (χ0v) is 11.6. The van der Waals surface area contributed by atoms with Crippen molar-refractivity contribution in [2.24, 2.45) is 0 Å². The lowest BCUT2D eigenvalue weighted by molar-refractivity contribution is 0.0710. The highest BCUT2D eigenvalue weighted by molar-refractivity contribution is 5.92. The van der Waals surface area contributed by atoms with Gasteiger partial charge in [0.25, 0.3) is 5.91 Å². The van der Waals surface area contributed by atoms with Gasteiger partial charge in [-0.3, -0.25) is 4.79 Å². The predicted octanol–water partition coefficient (Wildman–Crippen LogP) is 2.17. The number of hydrogen-bond donors (Lipinski definition) is 1. The van der Waals surface area contributed by atoms with E-state index >= 15 is 0 Å². The van der Waals surface area contributed by atoms with Gasteiger partial charge in [0.2, 0.25) is 0 Å². The summed E-state index contributed by atoms with van der Waals surface area (Å²) < 4.78 is 0. The van der Waals surface area contributed by atoms with E-state index in [2.05, 4.69) is 22.2 Å². The van der Waals surface area contributed by atoms with Gasteiger partial charge in [0.15, 0.2) is 0 Å². The summed E-state index contributed by atoms with van der Waals surface area (Å²) >= 11 is 0. The Morgan fingerprint density at radius 2 is 2.06 bits per heavy atom. The molecule has 0 aromatic carbocycles. The van der Waals surface area contributed by atoms with E-state index in [0.717, 1.165) is 13.0 Å². The van der Waals surface area contributed by atoms with Crippen molar-refractivity contribution in [1.82, 2.24) is 14.9 Å². The Labute approximate surface area is 109 Å². The van der Waals surface area contributed by atoms with E-state index in [0.29, 0.717) is 18.1 Å². The van der Waals surface area contributed by atoms with Crippen LogP contribution in [0.3, 0.4) is 0 Å². The number of nitrogens with zero attached hydrogens (tertiary/aromatic N) is 3. The Hall–Kier alpha value is -1.65. The Morgan fingerprint density at radius 3 is 2.50 bits per heavy atom. The maximum absolute atomic E-state index is 12.1. The molecule has 5 heteroatoms. The molecule has 0 radical (unpaired) electrons. The summed E-state index contributed by atoms with van der Waals surface area (Å²) in [5, 5.41) is 3.13. The van der Waals surface area contributed by atoms with Gasteiger partial charge >= 0.3 is 0 Å². The fourth-order valence-electron chi connectivity index (χ4n) is 1.67. The van der Waals surface area contributed by atoms with Gasteiger partial charge in [-0.2, -0.15) is 0 Å². The number of amides is 1. The zero-order chi connectivity index (χ0) is 13.5. The summed E-state index contributed by atoms with van der Waals surface area (Å²) in [7, 11) is 0. The quantitative estimate of drug-likeness (QED) is 0.840. The van der Waals surface area contributed by atoms with E-state index in [1.54, 1.807) is 11.1 Å². The van der Waals surface area contributed by atoms with Crippen LogP contribution in [0.15, 0.2) is 12.4 Å². The number of carbonyl (C=O) groups excluding carboxylic acids is 1. The predicted molar refractivity (Wildman–Crippen MR) is 72.7 cm³/mol. The molecule has 1 aromatic rings. The molecule has 0 bridgehead atoms. The SMILES string of the molecule is CCCNc1cnc(C(=O)N(CC)C(C)C)cn1. The van der Waals surface area contributed by atoms with Crippen molar-refractivity contribution < 1.29 is 4.79 Å². The molecule has 5 nitrogen and oxygen atoms in total. The Bertz CT molecular complexity index is 375. The van der Waals surface area contributed by atoms with Crippen molar-refractivity contribution in [2.75, 3.05) is 18.4 Å². The van der Waals surface area contributed by atoms with Gasteiger partial charge in [0.1, 0.15) is 11.5 Å². The molecule has 0 unspecified atom stereocenters. The normalized spacial score (nSPS) is 10.5. The summed E-state index contributed by atoms with van der Waals surface area (Å²) in [5.41, 5.74) is 0.396. The van der Waals surface area contributed by atoms with Gasteiger partial charge in [0.05, 0.1) is 12.4 Å². The fourth-order valence-corrected chi connectivity index (χ4v) is 1.67. The van der Waals surface area contributed by atoms with Crippen LogP contribution in [0.4, 0.5) is 5.82 Å². The monoisotopic (exact) mass is 250 g/mol. The summed E-state index contributed by atoms with van der Waals surface area (Å²) in [6, 6.07) is 0.169. The van der Waals surface area contributed by atoms with E-state index in [-0.39, 0.29) is 11.9 Å². The molecule has 1 amide bonds. The Balaban J connectivity index is 2.75. The largest absolute Gasteiger partial charge is 0.369 e. The first kappa shape index (κ1) is 14.4. The molecule has 1 aromatic heterocycles. The van der Waals surface area contributed by atoms with E-state index in [9.17, 15) is 4.79 Å². The zero-order valence-electron chi connectivity index (χ0n) is 11.6. The first-order chi connectivity index (χ1) is 8.60. The molecule has 1 rings (SSSR count). The molecule has 0 aliphatic rings. The van der Waals surface area contributed by atoms with Crippen LogP contribution in [-0.2, 0) is 0 Å². The van der Waals surface area contributed by atoms with Gasteiger partial charge in [-0.05, 0) is 27.2 Å². The van der Waals surface area contributed by atoms with Gasteiger partial charge in [-0.25, -0.2) is 9.97 Å².